The Bertz CT molecular complexity index is 1210. The zero-order valence-electron chi connectivity index (χ0n) is 28.3. The number of ether oxygens (including phenoxy) is 1. The lowest BCUT2D eigenvalue weighted by Crippen LogP contribution is -2.51. The summed E-state index contributed by atoms with van der Waals surface area (Å²) < 4.78 is 20.0. The van der Waals surface area contributed by atoms with Crippen LogP contribution in [0.5, 0.6) is 0 Å². The van der Waals surface area contributed by atoms with Gasteiger partial charge in [-0.05, 0) is 53.7 Å². The lowest BCUT2D eigenvalue weighted by molar-refractivity contribution is 0.0971. The molecule has 1 saturated carbocycles. The van der Waals surface area contributed by atoms with E-state index in [1.807, 2.05) is 0 Å². The summed E-state index contributed by atoms with van der Waals surface area (Å²) in [7, 11) is -2.45. The van der Waals surface area contributed by atoms with Gasteiger partial charge >= 0.3 is 0 Å². The lowest BCUT2D eigenvalue weighted by atomic mass is 10.1. The van der Waals surface area contributed by atoms with Crippen LogP contribution in [0.4, 0.5) is 5.82 Å². The van der Waals surface area contributed by atoms with Crippen LogP contribution in [0, 0.1) is 5.92 Å². The van der Waals surface area contributed by atoms with E-state index in [2.05, 4.69) is 90.7 Å². The monoisotopic (exact) mass is 667 g/mol. The first-order valence-corrected chi connectivity index (χ1v) is 21.9. The number of carbonyl (C=O) groups is 1. The van der Waals surface area contributed by atoms with Crippen LogP contribution in [0.3, 0.4) is 0 Å². The van der Waals surface area contributed by atoms with E-state index in [9.17, 15) is 4.79 Å². The molecule has 0 spiro atoms. The van der Waals surface area contributed by atoms with E-state index in [0.717, 1.165) is 18.4 Å². The van der Waals surface area contributed by atoms with Crippen molar-refractivity contribution in [3.63, 3.8) is 0 Å². The van der Waals surface area contributed by atoms with Gasteiger partial charge in [-0.15, -0.1) is 11.3 Å². The normalized spacial score (nSPS) is 20.0. The predicted octanol–water partition coefficient (Wildman–Crippen LogP) is 9.34. The van der Waals surface area contributed by atoms with Crippen LogP contribution < -0.4 is 5.32 Å². The number of thiophene rings is 1. The summed E-state index contributed by atoms with van der Waals surface area (Å²) in [6.07, 6.45) is 4.89. The van der Waals surface area contributed by atoms with Crippen LogP contribution in [0.1, 0.15) is 96.0 Å². The third-order valence-corrected chi connectivity index (χ3v) is 21.8. The van der Waals surface area contributed by atoms with Gasteiger partial charge in [0.05, 0.1) is 27.5 Å². The minimum atomic E-state index is -2.12. The van der Waals surface area contributed by atoms with E-state index in [-0.39, 0.29) is 28.9 Å². The first-order valence-electron chi connectivity index (χ1n) is 15.6. The van der Waals surface area contributed by atoms with Crippen molar-refractivity contribution in [3.05, 3.63) is 38.9 Å². The van der Waals surface area contributed by atoms with Gasteiger partial charge in [0.2, 0.25) is 14.1 Å². The van der Waals surface area contributed by atoms with Gasteiger partial charge in [0.1, 0.15) is 12.1 Å². The van der Waals surface area contributed by atoms with Gasteiger partial charge in [-0.1, -0.05) is 73.9 Å². The molecule has 2 aromatic rings. The van der Waals surface area contributed by atoms with E-state index >= 15 is 0 Å². The summed E-state index contributed by atoms with van der Waals surface area (Å²) in [4.78, 5) is 22.9. The van der Waals surface area contributed by atoms with Crippen molar-refractivity contribution in [1.29, 1.82) is 0 Å². The third kappa shape index (κ3) is 8.18. The molecule has 1 aliphatic carbocycles. The van der Waals surface area contributed by atoms with Crippen molar-refractivity contribution >= 4 is 51.2 Å². The topological polar surface area (TPSA) is 82.6 Å². The first kappa shape index (κ1) is 36.3. The van der Waals surface area contributed by atoms with Crippen LogP contribution in [-0.4, -0.2) is 58.2 Å². The summed E-state index contributed by atoms with van der Waals surface area (Å²) in [6.45, 7) is 26.6. The second-order valence-electron chi connectivity index (χ2n) is 14.6. The van der Waals surface area contributed by atoms with Crippen molar-refractivity contribution in [2.24, 2.45) is 5.92 Å². The molecule has 2 heterocycles. The number of hydrogen-bond acceptors (Lipinski definition) is 8. The smallest absolute Gasteiger partial charge is 0.208 e. The number of halogens is 1. The molecule has 1 N–H and O–H groups in total. The molecule has 43 heavy (non-hydrogen) atoms. The number of anilines is 1. The third-order valence-electron chi connectivity index (χ3n) is 9.74. The minimum Gasteiger partial charge on any atom is -0.416 e. The zero-order valence-corrected chi connectivity index (χ0v) is 31.9. The van der Waals surface area contributed by atoms with Crippen LogP contribution in [-0.2, 0) is 20.2 Å². The molecule has 3 rings (SSSR count). The van der Waals surface area contributed by atoms with E-state index in [1.165, 1.54) is 17.7 Å². The van der Waals surface area contributed by atoms with Crippen molar-refractivity contribution in [2.75, 3.05) is 19.0 Å². The average molecular weight is 668 g/mol. The maximum atomic E-state index is 13.6. The Labute approximate surface area is 271 Å². The van der Waals surface area contributed by atoms with Crippen LogP contribution >= 0.6 is 22.9 Å². The Balaban J connectivity index is 1.90. The van der Waals surface area contributed by atoms with Gasteiger partial charge in [0.15, 0.2) is 8.32 Å². The number of hydrogen-bond donors (Lipinski definition) is 1. The summed E-state index contributed by atoms with van der Waals surface area (Å²) in [5.74, 6) is 0.655. The number of aromatic nitrogens is 2. The Morgan fingerprint density at radius 2 is 1.74 bits per heavy atom. The highest BCUT2D eigenvalue weighted by Crippen LogP contribution is 2.47. The Hall–Kier alpha value is -1.15. The fourth-order valence-corrected chi connectivity index (χ4v) is 14.3. The van der Waals surface area contributed by atoms with E-state index in [0.29, 0.717) is 50.4 Å². The number of methoxy groups -OCH3 is 1. The quantitative estimate of drug-likeness (QED) is 0.159. The molecular weight excluding hydrogens is 614 g/mol. The van der Waals surface area contributed by atoms with Gasteiger partial charge in [-0.25, -0.2) is 9.97 Å². The van der Waals surface area contributed by atoms with E-state index < -0.39 is 16.6 Å². The molecule has 11 heteroatoms. The van der Waals surface area contributed by atoms with E-state index in [4.69, 9.17) is 25.2 Å². The maximum absolute atomic E-state index is 13.6. The molecule has 1 fully saturated rings. The van der Waals surface area contributed by atoms with Gasteiger partial charge in [-0.2, -0.15) is 0 Å². The molecule has 242 valence electrons. The Kier molecular flexibility index (Phi) is 12.3. The number of nitrogens with zero attached hydrogens (tertiary/aromatic N) is 2. The molecule has 3 atom stereocenters. The van der Waals surface area contributed by atoms with Crippen molar-refractivity contribution < 1.29 is 18.4 Å². The second kappa shape index (κ2) is 14.5. The molecule has 0 bridgehead atoms. The van der Waals surface area contributed by atoms with Gasteiger partial charge < -0.3 is 18.9 Å². The van der Waals surface area contributed by atoms with Crippen LogP contribution in [0.25, 0.3) is 0 Å². The highest BCUT2D eigenvalue weighted by Gasteiger charge is 2.50. The predicted molar refractivity (Wildman–Crippen MR) is 185 cm³/mol. The van der Waals surface area contributed by atoms with Crippen LogP contribution in [0.15, 0.2) is 18.6 Å². The maximum Gasteiger partial charge on any atom is 0.208 e. The van der Waals surface area contributed by atoms with E-state index in [1.54, 1.807) is 19.4 Å². The van der Waals surface area contributed by atoms with Gasteiger partial charge in [0, 0.05) is 37.4 Å². The number of ketones is 1. The summed E-state index contributed by atoms with van der Waals surface area (Å²) >= 11 is 7.65. The van der Waals surface area contributed by atoms with Gasteiger partial charge in [-0.3, -0.25) is 4.79 Å². The molecular formula is C32H54ClN3O4SSi2. The van der Waals surface area contributed by atoms with Crippen molar-refractivity contribution in [3.8, 4) is 0 Å². The lowest BCUT2D eigenvalue weighted by Gasteiger charge is -2.45. The zero-order chi connectivity index (χ0) is 32.3. The average Bonchev–Trinajstić information content (AvgIpc) is 3.47. The fourth-order valence-electron chi connectivity index (χ4n) is 6.44. The summed E-state index contributed by atoms with van der Waals surface area (Å²) in [6, 6.07) is 1.89. The SMILES string of the molecule is COCc1cc(C(=O)c2cncnc2N[C@@H]2C[C@H](CO[Si](C)(C)C(C)(C)C)[C@@H](O[Si](C(C)C)(C(C)C)C(C)C)C2)sc1Cl. The standard InChI is InChI=1S/C32H54ClN3O4SSi2/c1-20(2)43(21(3)4,22(5)6)40-27-15-25(13-23(27)18-39-42(11,12)32(7,8)9)36-31-26(16-34-19-35-31)29(37)28-14-24(17-38-10)30(33)41-28/h14,16,19-23,25,27H,13,15,17-18H2,1-12H3,(H,34,35,36)/t23-,25-,27+/m1/s1. The molecule has 1 aliphatic rings. The molecule has 0 amide bonds. The van der Waals surface area contributed by atoms with Crippen molar-refractivity contribution in [2.45, 2.75) is 129 Å². The highest BCUT2D eigenvalue weighted by atomic mass is 35.5. The second-order valence-corrected chi connectivity index (χ2v) is 26.4. The Morgan fingerprint density at radius 1 is 1.12 bits per heavy atom. The molecule has 0 saturated heterocycles. The summed E-state index contributed by atoms with van der Waals surface area (Å²) in [5, 5.41) is 3.77. The fraction of sp³-hybridized carbons (Fsp3) is 0.719. The number of rotatable bonds is 14. The molecule has 0 aromatic carbocycles. The number of carbonyl (C=O) groups excluding carboxylic acids is 1. The molecule has 0 aliphatic heterocycles. The van der Waals surface area contributed by atoms with Crippen molar-refractivity contribution in [1.82, 2.24) is 9.97 Å². The molecule has 0 unspecified atom stereocenters. The number of nitrogens with one attached hydrogen (secondary N) is 1. The van der Waals surface area contributed by atoms with Crippen LogP contribution in [0.2, 0.25) is 39.1 Å². The first-order chi connectivity index (χ1) is 19.9. The highest BCUT2D eigenvalue weighted by molar-refractivity contribution is 7.18. The summed E-state index contributed by atoms with van der Waals surface area (Å²) in [5.41, 5.74) is 2.73. The molecule has 2 aromatic heterocycles. The Morgan fingerprint density at radius 3 is 2.30 bits per heavy atom. The molecule has 7 nitrogen and oxygen atoms in total. The minimum absolute atomic E-state index is 0.0785. The van der Waals surface area contributed by atoms with Gasteiger partial charge in [0.25, 0.3) is 0 Å². The largest absolute Gasteiger partial charge is 0.416 e. The molecule has 0 radical (unpaired) electrons.